The Morgan fingerprint density at radius 2 is 1.85 bits per heavy atom. The van der Waals surface area contributed by atoms with Crippen molar-refractivity contribution in [3.8, 4) is 0 Å². The molecule has 0 fully saturated rings. The average molecular weight is 296 g/mol. The Morgan fingerprint density at radius 3 is 2.40 bits per heavy atom. The first-order valence-corrected chi connectivity index (χ1v) is 7.39. The number of hydrogen-bond donors (Lipinski definition) is 1. The molecule has 2 nitrogen and oxygen atoms in total. The second-order valence-corrected chi connectivity index (χ2v) is 6.12. The summed E-state index contributed by atoms with van der Waals surface area (Å²) in [5.41, 5.74) is 1.71. The van der Waals surface area contributed by atoms with Gasteiger partial charge in [0.15, 0.2) is 0 Å². The van der Waals surface area contributed by atoms with Gasteiger partial charge in [-0.3, -0.25) is 0 Å². The van der Waals surface area contributed by atoms with Gasteiger partial charge in [0.25, 0.3) is 0 Å². The molecule has 2 aromatic rings. The van der Waals surface area contributed by atoms with E-state index in [2.05, 4.69) is 17.2 Å². The van der Waals surface area contributed by atoms with Crippen molar-refractivity contribution in [2.24, 2.45) is 0 Å². The molecule has 1 N–H and O–H groups in total. The first-order valence-electron chi connectivity index (χ1n) is 6.58. The van der Waals surface area contributed by atoms with Crippen molar-refractivity contribution in [1.82, 2.24) is 10.3 Å². The van der Waals surface area contributed by atoms with Gasteiger partial charge in [0.1, 0.15) is 11.6 Å². The van der Waals surface area contributed by atoms with Crippen LogP contribution in [0.5, 0.6) is 0 Å². The molecule has 0 saturated heterocycles. The Labute approximate surface area is 121 Å². The lowest BCUT2D eigenvalue weighted by atomic mass is 10.1. The van der Waals surface area contributed by atoms with Crippen LogP contribution in [0.2, 0.25) is 0 Å². The van der Waals surface area contributed by atoms with E-state index in [0.29, 0.717) is 18.5 Å². The molecule has 1 atom stereocenters. The van der Waals surface area contributed by atoms with Gasteiger partial charge >= 0.3 is 0 Å². The summed E-state index contributed by atoms with van der Waals surface area (Å²) in [4.78, 5) is 5.62. The molecular weight excluding hydrogens is 278 g/mol. The van der Waals surface area contributed by atoms with Crippen molar-refractivity contribution in [2.75, 3.05) is 6.54 Å². The number of aryl methyl sites for hydroxylation is 2. The van der Waals surface area contributed by atoms with Crippen LogP contribution in [-0.4, -0.2) is 11.5 Å². The van der Waals surface area contributed by atoms with Gasteiger partial charge in [0, 0.05) is 17.0 Å². The Bertz CT molecular complexity index is 575. The van der Waals surface area contributed by atoms with Crippen LogP contribution in [0.15, 0.2) is 18.2 Å². The summed E-state index contributed by atoms with van der Waals surface area (Å²) in [6, 6.07) is 3.83. The fourth-order valence-corrected chi connectivity index (χ4v) is 3.18. The van der Waals surface area contributed by atoms with Crippen LogP contribution in [0.1, 0.15) is 34.1 Å². The van der Waals surface area contributed by atoms with Crippen molar-refractivity contribution in [2.45, 2.75) is 33.2 Å². The second kappa shape index (κ2) is 6.41. The van der Waals surface area contributed by atoms with Gasteiger partial charge in [-0.1, -0.05) is 0 Å². The van der Waals surface area contributed by atoms with E-state index in [-0.39, 0.29) is 6.04 Å². The Balaban J connectivity index is 1.91. The molecule has 1 aromatic heterocycles. The molecule has 1 unspecified atom stereocenters. The highest BCUT2D eigenvalue weighted by molar-refractivity contribution is 7.11. The number of nitrogens with one attached hydrogen (secondary N) is 1. The highest BCUT2D eigenvalue weighted by Crippen LogP contribution is 2.24. The van der Waals surface area contributed by atoms with E-state index in [9.17, 15) is 8.78 Å². The summed E-state index contributed by atoms with van der Waals surface area (Å²) in [6.45, 7) is 6.73. The summed E-state index contributed by atoms with van der Waals surface area (Å²) >= 11 is 1.68. The summed E-state index contributed by atoms with van der Waals surface area (Å²) in [5, 5.41) is 4.42. The van der Waals surface area contributed by atoms with Crippen LogP contribution >= 0.6 is 11.3 Å². The fraction of sp³-hybridized carbons (Fsp3) is 0.400. The van der Waals surface area contributed by atoms with E-state index in [4.69, 9.17) is 0 Å². The Hall–Kier alpha value is -1.33. The quantitative estimate of drug-likeness (QED) is 0.904. The molecule has 0 bridgehead atoms. The molecule has 2 rings (SSSR count). The number of halogens is 2. The predicted molar refractivity (Wildman–Crippen MR) is 78.1 cm³/mol. The largest absolute Gasteiger partial charge is 0.309 e. The number of hydrogen-bond acceptors (Lipinski definition) is 3. The van der Waals surface area contributed by atoms with Gasteiger partial charge in [-0.05, 0) is 51.4 Å². The normalized spacial score (nSPS) is 12.7. The van der Waals surface area contributed by atoms with Gasteiger partial charge in [0.2, 0.25) is 0 Å². The van der Waals surface area contributed by atoms with Gasteiger partial charge in [-0.15, -0.1) is 11.3 Å². The summed E-state index contributed by atoms with van der Waals surface area (Å²) in [6.07, 6.45) is 0.593. The molecule has 0 radical (unpaired) electrons. The van der Waals surface area contributed by atoms with E-state index in [1.165, 1.54) is 17.0 Å². The van der Waals surface area contributed by atoms with E-state index in [1.807, 2.05) is 13.8 Å². The number of nitrogens with zero attached hydrogens (tertiary/aromatic N) is 1. The zero-order valence-corrected chi connectivity index (χ0v) is 12.7. The molecule has 0 spiro atoms. The van der Waals surface area contributed by atoms with Gasteiger partial charge < -0.3 is 5.32 Å². The maximum atomic E-state index is 13.1. The fourth-order valence-electron chi connectivity index (χ4n) is 2.23. The average Bonchev–Trinajstić information content (AvgIpc) is 2.67. The summed E-state index contributed by atoms with van der Waals surface area (Å²) < 4.78 is 26.1. The Kier molecular flexibility index (Phi) is 4.83. The van der Waals surface area contributed by atoms with Crippen LogP contribution in [-0.2, 0) is 6.42 Å². The number of aromatic nitrogens is 1. The smallest absolute Gasteiger partial charge is 0.126 e. The second-order valence-electron chi connectivity index (χ2n) is 4.89. The topological polar surface area (TPSA) is 24.9 Å². The monoisotopic (exact) mass is 296 g/mol. The first kappa shape index (κ1) is 15.1. The number of thiazole rings is 1. The molecule has 0 saturated carbocycles. The third-order valence-corrected chi connectivity index (χ3v) is 4.37. The molecule has 0 aliphatic carbocycles. The molecular formula is C15H18F2N2S. The zero-order chi connectivity index (χ0) is 14.7. The highest BCUT2D eigenvalue weighted by Gasteiger charge is 2.12. The van der Waals surface area contributed by atoms with Crippen LogP contribution in [0.25, 0.3) is 0 Å². The minimum atomic E-state index is -0.526. The molecule has 1 aromatic carbocycles. The molecule has 108 valence electrons. The van der Waals surface area contributed by atoms with Crippen LogP contribution in [0.3, 0.4) is 0 Å². The minimum absolute atomic E-state index is 0.194. The van der Waals surface area contributed by atoms with Crippen LogP contribution < -0.4 is 5.32 Å². The summed E-state index contributed by atoms with van der Waals surface area (Å²) in [5.74, 6) is -1.05. The Morgan fingerprint density at radius 1 is 1.20 bits per heavy atom. The van der Waals surface area contributed by atoms with Crippen molar-refractivity contribution >= 4 is 11.3 Å². The lowest BCUT2D eigenvalue weighted by Gasteiger charge is -2.12. The molecule has 20 heavy (non-hydrogen) atoms. The SMILES string of the molecule is Cc1nc(C)c(C(C)NCCc2cc(F)cc(F)c2)s1. The third-order valence-electron chi connectivity index (χ3n) is 3.12. The number of benzene rings is 1. The molecule has 1 heterocycles. The maximum absolute atomic E-state index is 13.1. The zero-order valence-electron chi connectivity index (χ0n) is 11.8. The van der Waals surface area contributed by atoms with Gasteiger partial charge in [-0.2, -0.15) is 0 Å². The summed E-state index contributed by atoms with van der Waals surface area (Å²) in [7, 11) is 0. The first-order chi connectivity index (χ1) is 9.45. The van der Waals surface area contributed by atoms with Crippen LogP contribution in [0.4, 0.5) is 8.78 Å². The lowest BCUT2D eigenvalue weighted by Crippen LogP contribution is -2.21. The predicted octanol–water partition coefficient (Wildman–Crippen LogP) is 3.93. The van der Waals surface area contributed by atoms with E-state index < -0.39 is 11.6 Å². The maximum Gasteiger partial charge on any atom is 0.126 e. The molecule has 5 heteroatoms. The van der Waals surface area contributed by atoms with Crippen molar-refractivity contribution < 1.29 is 8.78 Å². The minimum Gasteiger partial charge on any atom is -0.309 e. The molecule has 0 aliphatic rings. The van der Waals surface area contributed by atoms with E-state index in [0.717, 1.165) is 16.8 Å². The standard InChI is InChI=1S/C15H18F2N2S/c1-9(15-10(2)19-11(3)20-15)18-5-4-12-6-13(16)8-14(17)7-12/h6-9,18H,4-5H2,1-3H3. The highest BCUT2D eigenvalue weighted by atomic mass is 32.1. The van der Waals surface area contributed by atoms with Crippen LogP contribution in [0, 0.1) is 25.5 Å². The molecule has 0 aliphatic heterocycles. The van der Waals surface area contributed by atoms with E-state index >= 15 is 0 Å². The van der Waals surface area contributed by atoms with Crippen molar-refractivity contribution in [3.05, 3.63) is 51.0 Å². The van der Waals surface area contributed by atoms with E-state index in [1.54, 1.807) is 11.3 Å². The van der Waals surface area contributed by atoms with Crippen molar-refractivity contribution in [1.29, 1.82) is 0 Å². The van der Waals surface area contributed by atoms with Crippen molar-refractivity contribution in [3.63, 3.8) is 0 Å². The third kappa shape index (κ3) is 3.84. The number of rotatable bonds is 5. The molecule has 0 amide bonds. The van der Waals surface area contributed by atoms with Gasteiger partial charge in [-0.25, -0.2) is 13.8 Å². The van der Waals surface area contributed by atoms with Gasteiger partial charge in [0.05, 0.1) is 10.7 Å². The lowest BCUT2D eigenvalue weighted by molar-refractivity contribution is 0.566.